The molecular weight excluding hydrogens is 322 g/mol. The van der Waals surface area contributed by atoms with Crippen LogP contribution in [0, 0.1) is 0 Å². The smallest absolute Gasteiger partial charge is 0.167 e. The Labute approximate surface area is 146 Å². The standard InChI is InChI=1S/C18H23N3O2S/c22-17(23)16(21-18(24)20-13-6-2-1-3-7-13)10-12-11-19-15-9-5-4-8-14(12)15/h4-5,8-9,11,13,16,19H,1-3,6-7,10H2,(H,22,23)(H2,20,21,24)/p-1. The van der Waals surface area contributed by atoms with Crippen LogP contribution in [0.4, 0.5) is 0 Å². The summed E-state index contributed by atoms with van der Waals surface area (Å²) in [6.45, 7) is 0. The van der Waals surface area contributed by atoms with E-state index in [2.05, 4.69) is 15.6 Å². The number of H-pyrrole nitrogens is 1. The van der Waals surface area contributed by atoms with Crippen LogP contribution in [0.5, 0.6) is 0 Å². The first-order valence-electron chi connectivity index (χ1n) is 8.46. The fourth-order valence-corrected chi connectivity index (χ4v) is 3.65. The fourth-order valence-electron chi connectivity index (χ4n) is 3.35. The van der Waals surface area contributed by atoms with Crippen LogP contribution in [0.1, 0.15) is 37.7 Å². The zero-order valence-corrected chi connectivity index (χ0v) is 14.3. The first-order valence-corrected chi connectivity index (χ1v) is 8.87. The Morgan fingerprint density at radius 3 is 2.79 bits per heavy atom. The predicted molar refractivity (Wildman–Crippen MR) is 96.5 cm³/mol. The van der Waals surface area contributed by atoms with E-state index in [0.29, 0.717) is 17.6 Å². The van der Waals surface area contributed by atoms with Crippen LogP contribution in [-0.2, 0) is 11.2 Å². The van der Waals surface area contributed by atoms with E-state index < -0.39 is 12.0 Å². The molecule has 24 heavy (non-hydrogen) atoms. The lowest BCUT2D eigenvalue weighted by Gasteiger charge is -2.27. The van der Waals surface area contributed by atoms with Crippen LogP contribution in [-0.4, -0.2) is 28.1 Å². The summed E-state index contributed by atoms with van der Waals surface area (Å²) in [5.74, 6) is -1.15. The van der Waals surface area contributed by atoms with Crippen molar-refractivity contribution in [3.63, 3.8) is 0 Å². The van der Waals surface area contributed by atoms with Gasteiger partial charge in [-0.1, -0.05) is 37.5 Å². The van der Waals surface area contributed by atoms with Gasteiger partial charge >= 0.3 is 0 Å². The van der Waals surface area contributed by atoms with Gasteiger partial charge in [0.05, 0.1) is 12.0 Å². The highest BCUT2D eigenvalue weighted by Crippen LogP contribution is 2.19. The van der Waals surface area contributed by atoms with Crippen LogP contribution in [0.15, 0.2) is 30.5 Å². The molecule has 3 N–H and O–H groups in total. The zero-order valence-electron chi connectivity index (χ0n) is 13.5. The maximum absolute atomic E-state index is 11.5. The van der Waals surface area contributed by atoms with E-state index in [1.54, 1.807) is 0 Å². The topological polar surface area (TPSA) is 80.0 Å². The van der Waals surface area contributed by atoms with E-state index in [1.807, 2.05) is 30.5 Å². The summed E-state index contributed by atoms with van der Waals surface area (Å²) < 4.78 is 0. The van der Waals surface area contributed by atoms with Crippen LogP contribution < -0.4 is 15.7 Å². The summed E-state index contributed by atoms with van der Waals surface area (Å²) >= 11 is 5.30. The van der Waals surface area contributed by atoms with Crippen molar-refractivity contribution >= 4 is 34.2 Å². The maximum Gasteiger partial charge on any atom is 0.167 e. The van der Waals surface area contributed by atoms with E-state index >= 15 is 0 Å². The van der Waals surface area contributed by atoms with Gasteiger partial charge in [-0.25, -0.2) is 0 Å². The second-order valence-electron chi connectivity index (χ2n) is 6.39. The number of carboxylic acid groups (broad SMARTS) is 1. The molecule has 1 heterocycles. The predicted octanol–water partition coefficient (Wildman–Crippen LogP) is 1.63. The molecule has 1 fully saturated rings. The highest BCUT2D eigenvalue weighted by atomic mass is 32.1. The van der Waals surface area contributed by atoms with Gasteiger partial charge in [0, 0.05) is 29.6 Å². The molecule has 1 saturated carbocycles. The molecule has 0 saturated heterocycles. The first kappa shape index (κ1) is 16.8. The van der Waals surface area contributed by atoms with Crippen LogP contribution >= 0.6 is 12.2 Å². The number of carbonyl (C=O) groups is 1. The maximum atomic E-state index is 11.5. The molecule has 128 valence electrons. The lowest BCUT2D eigenvalue weighted by molar-refractivity contribution is -0.308. The highest BCUT2D eigenvalue weighted by Gasteiger charge is 2.18. The third kappa shape index (κ3) is 4.06. The number of hydrogen-bond acceptors (Lipinski definition) is 3. The van der Waals surface area contributed by atoms with Crippen LogP contribution in [0.3, 0.4) is 0 Å². The SMILES string of the molecule is O=C([O-])C(Cc1c[nH]c2ccccc12)NC(=S)NC1CCCCC1. The normalized spacial score (nSPS) is 16.7. The summed E-state index contributed by atoms with van der Waals surface area (Å²) in [7, 11) is 0. The van der Waals surface area contributed by atoms with E-state index in [4.69, 9.17) is 12.2 Å². The quantitative estimate of drug-likeness (QED) is 0.719. The molecule has 1 aliphatic carbocycles. The number of hydrogen-bond donors (Lipinski definition) is 3. The third-order valence-electron chi connectivity index (χ3n) is 4.63. The van der Waals surface area contributed by atoms with Crippen molar-refractivity contribution < 1.29 is 9.90 Å². The summed E-state index contributed by atoms with van der Waals surface area (Å²) in [5, 5.41) is 19.1. The molecule has 6 heteroatoms. The van der Waals surface area contributed by atoms with Gasteiger partial charge in [0.15, 0.2) is 5.11 Å². The molecule has 1 aromatic heterocycles. The van der Waals surface area contributed by atoms with Crippen molar-refractivity contribution in [1.29, 1.82) is 0 Å². The van der Waals surface area contributed by atoms with Gasteiger partial charge in [-0.05, 0) is 36.7 Å². The molecule has 0 bridgehead atoms. The third-order valence-corrected chi connectivity index (χ3v) is 4.86. The Hall–Kier alpha value is -2.08. The number of benzene rings is 1. The molecule has 1 unspecified atom stereocenters. The lowest BCUT2D eigenvalue weighted by Crippen LogP contribution is -2.53. The molecule has 0 amide bonds. The minimum absolute atomic E-state index is 0.318. The largest absolute Gasteiger partial charge is 0.548 e. The summed E-state index contributed by atoms with van der Waals surface area (Å²) in [6, 6.07) is 7.32. The monoisotopic (exact) mass is 344 g/mol. The Kier molecular flexibility index (Phi) is 5.35. The molecule has 3 rings (SSSR count). The molecule has 0 spiro atoms. The molecule has 1 atom stereocenters. The number of carboxylic acids is 1. The number of aliphatic carboxylic acids is 1. The van der Waals surface area contributed by atoms with Crippen LogP contribution in [0.25, 0.3) is 10.9 Å². The van der Waals surface area contributed by atoms with Crippen molar-refractivity contribution in [1.82, 2.24) is 15.6 Å². The van der Waals surface area contributed by atoms with Gasteiger partial charge in [-0.2, -0.15) is 0 Å². The second kappa shape index (κ2) is 7.66. The average molecular weight is 344 g/mol. The Morgan fingerprint density at radius 1 is 1.29 bits per heavy atom. The van der Waals surface area contributed by atoms with E-state index in [1.165, 1.54) is 19.3 Å². The fraction of sp³-hybridized carbons (Fsp3) is 0.444. The zero-order chi connectivity index (χ0) is 16.9. The van der Waals surface area contributed by atoms with Crippen molar-refractivity contribution in [2.24, 2.45) is 0 Å². The number of aromatic amines is 1. The van der Waals surface area contributed by atoms with E-state index in [9.17, 15) is 9.90 Å². The highest BCUT2D eigenvalue weighted by molar-refractivity contribution is 7.80. The number of rotatable bonds is 5. The van der Waals surface area contributed by atoms with Gasteiger partial charge < -0.3 is 25.5 Å². The Bertz CT molecular complexity index is 722. The average Bonchev–Trinajstić information content (AvgIpc) is 2.98. The van der Waals surface area contributed by atoms with Gasteiger partial charge in [0.1, 0.15) is 0 Å². The van der Waals surface area contributed by atoms with Gasteiger partial charge in [0.25, 0.3) is 0 Å². The minimum Gasteiger partial charge on any atom is -0.548 e. The molecule has 0 aliphatic heterocycles. The Morgan fingerprint density at radius 2 is 2.04 bits per heavy atom. The van der Waals surface area contributed by atoms with E-state index in [0.717, 1.165) is 29.3 Å². The lowest BCUT2D eigenvalue weighted by atomic mass is 9.96. The van der Waals surface area contributed by atoms with Crippen molar-refractivity contribution in [2.75, 3.05) is 0 Å². The number of nitrogens with one attached hydrogen (secondary N) is 3. The number of thiocarbonyl (C=S) groups is 1. The van der Waals surface area contributed by atoms with Crippen LogP contribution in [0.2, 0.25) is 0 Å². The Balaban J connectivity index is 1.64. The van der Waals surface area contributed by atoms with Gasteiger partial charge in [0.2, 0.25) is 0 Å². The number of para-hydroxylation sites is 1. The molecular formula is C18H22N3O2S-. The number of aromatic nitrogens is 1. The summed E-state index contributed by atoms with van der Waals surface area (Å²) in [5.41, 5.74) is 1.93. The molecule has 1 aromatic carbocycles. The van der Waals surface area contributed by atoms with Crippen molar-refractivity contribution in [3.8, 4) is 0 Å². The second-order valence-corrected chi connectivity index (χ2v) is 6.80. The van der Waals surface area contributed by atoms with E-state index in [-0.39, 0.29) is 0 Å². The first-order chi connectivity index (χ1) is 11.6. The molecule has 0 radical (unpaired) electrons. The van der Waals surface area contributed by atoms with Gasteiger partial charge in [-0.15, -0.1) is 0 Å². The number of fused-ring (bicyclic) bond motifs is 1. The number of carbonyl (C=O) groups excluding carboxylic acids is 1. The molecule has 2 aromatic rings. The van der Waals surface area contributed by atoms with Crippen molar-refractivity contribution in [3.05, 3.63) is 36.0 Å². The molecule has 1 aliphatic rings. The van der Waals surface area contributed by atoms with Gasteiger partial charge in [-0.3, -0.25) is 0 Å². The summed E-state index contributed by atoms with van der Waals surface area (Å²) in [6.07, 6.45) is 7.99. The molecule has 5 nitrogen and oxygen atoms in total. The minimum atomic E-state index is -1.15. The van der Waals surface area contributed by atoms with Crippen molar-refractivity contribution in [2.45, 2.75) is 50.6 Å². The summed E-state index contributed by atoms with van der Waals surface area (Å²) in [4.78, 5) is 14.7.